The maximum atomic E-state index is 12.2. The minimum absolute atomic E-state index is 0.0273. The van der Waals surface area contributed by atoms with Gasteiger partial charge in [0.05, 0.1) is 12.1 Å². The van der Waals surface area contributed by atoms with Crippen molar-refractivity contribution in [2.45, 2.75) is 45.4 Å². The predicted molar refractivity (Wildman–Crippen MR) is 111 cm³/mol. The highest BCUT2D eigenvalue weighted by atomic mass is 32.1. The van der Waals surface area contributed by atoms with Gasteiger partial charge < -0.3 is 10.4 Å². The van der Waals surface area contributed by atoms with Crippen molar-refractivity contribution < 1.29 is 14.7 Å². The minimum atomic E-state index is -0.772. The van der Waals surface area contributed by atoms with Gasteiger partial charge in [0.1, 0.15) is 0 Å². The molecule has 148 valence electrons. The maximum absolute atomic E-state index is 12.2. The first-order chi connectivity index (χ1) is 13.6. The number of nitrogens with one attached hydrogen (secondary N) is 1. The van der Waals surface area contributed by atoms with E-state index < -0.39 is 5.97 Å². The number of aromatic nitrogens is 2. The number of carbonyl (C=O) groups excluding carboxylic acids is 1. The zero-order valence-corrected chi connectivity index (χ0v) is 16.8. The van der Waals surface area contributed by atoms with Crippen LogP contribution in [0, 0.1) is 0 Å². The summed E-state index contributed by atoms with van der Waals surface area (Å²) in [5.41, 5.74) is 4.21. The Balaban J connectivity index is 1.55. The molecule has 6 nitrogen and oxygen atoms in total. The molecule has 0 saturated carbocycles. The second kappa shape index (κ2) is 9.50. The van der Waals surface area contributed by atoms with Crippen molar-refractivity contribution in [1.29, 1.82) is 0 Å². The van der Waals surface area contributed by atoms with Crippen LogP contribution in [0.15, 0.2) is 35.8 Å². The van der Waals surface area contributed by atoms with E-state index in [1.807, 2.05) is 16.0 Å². The fourth-order valence-corrected chi connectivity index (χ4v) is 3.91. The largest absolute Gasteiger partial charge is 0.481 e. The summed E-state index contributed by atoms with van der Waals surface area (Å²) in [6, 6.07) is 8.41. The Morgan fingerprint density at radius 3 is 2.68 bits per heavy atom. The highest BCUT2D eigenvalue weighted by molar-refractivity contribution is 7.15. The third-order valence-corrected chi connectivity index (χ3v) is 5.56. The lowest BCUT2D eigenvalue weighted by atomic mass is 10.1. The predicted octanol–water partition coefficient (Wildman–Crippen LogP) is 3.93. The molecular weight excluding hydrogens is 374 g/mol. The molecule has 0 atom stereocenters. The molecule has 0 spiro atoms. The molecule has 0 bridgehead atoms. The van der Waals surface area contributed by atoms with E-state index >= 15 is 0 Å². The lowest BCUT2D eigenvalue weighted by Crippen LogP contribution is -2.26. The number of carboxylic acids is 1. The number of rotatable bonds is 10. The first-order valence-electron chi connectivity index (χ1n) is 9.60. The van der Waals surface area contributed by atoms with Crippen LogP contribution in [0.25, 0.3) is 16.2 Å². The molecule has 0 fully saturated rings. The number of fused-ring (bicyclic) bond motifs is 1. The van der Waals surface area contributed by atoms with Crippen molar-refractivity contribution in [3.05, 3.63) is 47.1 Å². The highest BCUT2D eigenvalue weighted by Crippen LogP contribution is 2.24. The summed E-state index contributed by atoms with van der Waals surface area (Å²) >= 11 is 1.53. The number of amides is 1. The molecule has 2 aromatic heterocycles. The summed E-state index contributed by atoms with van der Waals surface area (Å²) in [7, 11) is 0. The second-order valence-corrected chi connectivity index (χ2v) is 7.62. The van der Waals surface area contributed by atoms with Crippen molar-refractivity contribution in [2.75, 3.05) is 6.54 Å². The van der Waals surface area contributed by atoms with Crippen LogP contribution in [0.2, 0.25) is 0 Å². The summed E-state index contributed by atoms with van der Waals surface area (Å²) < 4.78 is 1.99. The van der Waals surface area contributed by atoms with Gasteiger partial charge in [-0.1, -0.05) is 37.6 Å². The van der Waals surface area contributed by atoms with Crippen LogP contribution in [0.5, 0.6) is 0 Å². The Labute approximate surface area is 168 Å². The number of thiazole rings is 1. The van der Waals surface area contributed by atoms with Gasteiger partial charge in [-0.05, 0) is 24.8 Å². The van der Waals surface area contributed by atoms with Gasteiger partial charge in [0.25, 0.3) is 0 Å². The second-order valence-electron chi connectivity index (χ2n) is 6.79. The van der Waals surface area contributed by atoms with Gasteiger partial charge in [-0.3, -0.25) is 14.0 Å². The topological polar surface area (TPSA) is 83.7 Å². The number of carbonyl (C=O) groups is 2. The Kier molecular flexibility index (Phi) is 6.81. The van der Waals surface area contributed by atoms with Crippen molar-refractivity contribution >= 4 is 28.2 Å². The smallest absolute Gasteiger partial charge is 0.303 e. The Morgan fingerprint density at radius 2 is 1.96 bits per heavy atom. The number of carboxylic acid groups (broad SMARTS) is 1. The van der Waals surface area contributed by atoms with Crippen LogP contribution >= 0.6 is 11.3 Å². The summed E-state index contributed by atoms with van der Waals surface area (Å²) in [5.74, 6) is -0.799. The molecule has 2 heterocycles. The first-order valence-corrected chi connectivity index (χ1v) is 10.5. The number of benzene rings is 1. The number of aryl methyl sites for hydroxylation is 1. The van der Waals surface area contributed by atoms with Gasteiger partial charge in [0, 0.05) is 35.8 Å². The fraction of sp³-hybridized carbons (Fsp3) is 0.381. The molecule has 0 aliphatic heterocycles. The van der Waals surface area contributed by atoms with Gasteiger partial charge in [0.15, 0.2) is 4.96 Å². The van der Waals surface area contributed by atoms with E-state index in [1.165, 1.54) is 16.9 Å². The van der Waals surface area contributed by atoms with Crippen molar-refractivity contribution in [1.82, 2.24) is 14.7 Å². The maximum Gasteiger partial charge on any atom is 0.303 e. The van der Waals surface area contributed by atoms with E-state index in [1.54, 1.807) is 0 Å². The average molecular weight is 400 g/mol. The van der Waals surface area contributed by atoms with Crippen LogP contribution in [0.1, 0.15) is 43.9 Å². The van der Waals surface area contributed by atoms with E-state index in [9.17, 15) is 9.59 Å². The Morgan fingerprint density at radius 1 is 1.18 bits per heavy atom. The van der Waals surface area contributed by atoms with Gasteiger partial charge in [-0.15, -0.1) is 11.3 Å². The molecule has 3 aromatic rings. The van der Waals surface area contributed by atoms with Gasteiger partial charge >= 0.3 is 5.97 Å². The summed E-state index contributed by atoms with van der Waals surface area (Å²) in [5, 5.41) is 13.5. The van der Waals surface area contributed by atoms with Crippen LogP contribution in [0.3, 0.4) is 0 Å². The van der Waals surface area contributed by atoms with Gasteiger partial charge in [-0.2, -0.15) is 0 Å². The molecule has 7 heteroatoms. The molecule has 3 rings (SSSR count). The quantitative estimate of drug-likeness (QED) is 0.506. The van der Waals surface area contributed by atoms with Gasteiger partial charge in [-0.25, -0.2) is 4.98 Å². The number of imidazole rings is 1. The fourth-order valence-electron chi connectivity index (χ4n) is 3.04. The van der Waals surface area contributed by atoms with Crippen LogP contribution < -0.4 is 5.32 Å². The third-order valence-electron chi connectivity index (χ3n) is 4.67. The zero-order chi connectivity index (χ0) is 19.9. The molecule has 28 heavy (non-hydrogen) atoms. The standard InChI is InChI=1S/C21H25N3O3S/c1-2-15-7-9-16(10-8-15)18-13-24-17(14-28-21(24)23-18)12-19(25)22-11-5-3-4-6-20(26)27/h7-10,13-14H,2-6,11-12H2,1H3,(H,22,25)(H,26,27). The average Bonchev–Trinajstić information content (AvgIpc) is 3.26. The molecule has 1 amide bonds. The van der Waals surface area contributed by atoms with E-state index in [0.717, 1.165) is 41.2 Å². The monoisotopic (exact) mass is 399 g/mol. The van der Waals surface area contributed by atoms with Crippen molar-refractivity contribution in [2.24, 2.45) is 0 Å². The first kappa shape index (κ1) is 20.1. The summed E-state index contributed by atoms with van der Waals surface area (Å²) in [4.78, 5) is 28.2. The van der Waals surface area contributed by atoms with Crippen molar-refractivity contribution in [3.63, 3.8) is 0 Å². The molecule has 2 N–H and O–H groups in total. The number of aliphatic carboxylic acids is 1. The zero-order valence-electron chi connectivity index (χ0n) is 16.0. The van der Waals surface area contributed by atoms with E-state index in [4.69, 9.17) is 5.11 Å². The number of hydrogen-bond acceptors (Lipinski definition) is 4. The SMILES string of the molecule is CCc1ccc(-c2cn3c(CC(=O)NCCCCCC(=O)O)csc3n2)cc1. The molecule has 0 unspecified atom stereocenters. The van der Waals surface area contributed by atoms with Crippen LogP contribution in [0.4, 0.5) is 0 Å². The Hall–Kier alpha value is -2.67. The Bertz CT molecular complexity index is 944. The van der Waals surface area contributed by atoms with E-state index in [-0.39, 0.29) is 12.3 Å². The number of unbranched alkanes of at least 4 members (excludes halogenated alkanes) is 2. The van der Waals surface area contributed by atoms with E-state index in [2.05, 4.69) is 41.5 Å². The van der Waals surface area contributed by atoms with E-state index in [0.29, 0.717) is 19.4 Å². The highest BCUT2D eigenvalue weighted by Gasteiger charge is 2.12. The molecular formula is C21H25N3O3S. The molecule has 0 saturated heterocycles. The molecule has 0 aliphatic carbocycles. The lowest BCUT2D eigenvalue weighted by Gasteiger charge is -2.04. The minimum Gasteiger partial charge on any atom is -0.481 e. The number of nitrogens with zero attached hydrogens (tertiary/aromatic N) is 2. The van der Waals surface area contributed by atoms with Crippen molar-refractivity contribution in [3.8, 4) is 11.3 Å². The molecule has 0 aliphatic rings. The molecule has 1 aromatic carbocycles. The van der Waals surface area contributed by atoms with Crippen LogP contribution in [-0.2, 0) is 22.4 Å². The molecule has 0 radical (unpaired) electrons. The normalized spacial score (nSPS) is 11.0. The summed E-state index contributed by atoms with van der Waals surface area (Å²) in [6.07, 6.45) is 5.73. The van der Waals surface area contributed by atoms with Gasteiger partial charge in [0.2, 0.25) is 5.91 Å². The summed E-state index contributed by atoms with van der Waals surface area (Å²) in [6.45, 7) is 2.71. The lowest BCUT2D eigenvalue weighted by molar-refractivity contribution is -0.137. The third kappa shape index (κ3) is 5.19. The number of hydrogen-bond donors (Lipinski definition) is 2. The van der Waals surface area contributed by atoms with Crippen LogP contribution in [-0.4, -0.2) is 32.9 Å².